The maximum atomic E-state index is 5.98. The molecule has 0 radical (unpaired) electrons. The molecule has 1 aromatic carbocycles. The van der Waals surface area contributed by atoms with E-state index in [1.807, 2.05) is 13.0 Å². The summed E-state index contributed by atoms with van der Waals surface area (Å²) in [6.45, 7) is 4.55. The van der Waals surface area contributed by atoms with Gasteiger partial charge in [0.25, 0.3) is 0 Å². The second-order valence-electron chi connectivity index (χ2n) is 5.87. The Hall–Kier alpha value is -2.36. The minimum atomic E-state index is 0.429. The molecule has 4 nitrogen and oxygen atoms in total. The molecule has 0 unspecified atom stereocenters. The van der Waals surface area contributed by atoms with Crippen molar-refractivity contribution in [3.63, 3.8) is 0 Å². The standard InChI is InChI=1S/C18H22N4/c1-12-6-8-17(21-13(12)2)11-20-18(19)22-16-9-7-14-4-3-5-15(14)10-16/h6-10H,3-5,11H2,1-2H3,(H3,19,20,22). The van der Waals surface area contributed by atoms with Crippen molar-refractivity contribution in [2.24, 2.45) is 10.7 Å². The van der Waals surface area contributed by atoms with Crippen LogP contribution in [0.4, 0.5) is 5.69 Å². The van der Waals surface area contributed by atoms with Crippen LogP contribution in [0, 0.1) is 13.8 Å². The van der Waals surface area contributed by atoms with Gasteiger partial charge < -0.3 is 11.1 Å². The number of rotatable bonds is 3. The van der Waals surface area contributed by atoms with Crippen LogP contribution in [0.15, 0.2) is 35.3 Å². The van der Waals surface area contributed by atoms with Crippen molar-refractivity contribution in [2.75, 3.05) is 5.32 Å². The Morgan fingerprint density at radius 3 is 2.82 bits per heavy atom. The molecule has 0 saturated heterocycles. The molecule has 114 valence electrons. The number of nitrogens with zero attached hydrogens (tertiary/aromatic N) is 2. The van der Waals surface area contributed by atoms with Gasteiger partial charge in [0.2, 0.25) is 0 Å². The van der Waals surface area contributed by atoms with Gasteiger partial charge in [-0.1, -0.05) is 12.1 Å². The predicted octanol–water partition coefficient (Wildman–Crippen LogP) is 3.11. The molecule has 1 aliphatic carbocycles. The highest BCUT2D eigenvalue weighted by Crippen LogP contribution is 2.24. The fourth-order valence-corrected chi connectivity index (χ4v) is 2.77. The van der Waals surface area contributed by atoms with E-state index < -0.39 is 0 Å². The first-order chi connectivity index (χ1) is 10.6. The van der Waals surface area contributed by atoms with Crippen molar-refractivity contribution < 1.29 is 0 Å². The Bertz CT molecular complexity index is 719. The summed E-state index contributed by atoms with van der Waals surface area (Å²) in [6, 6.07) is 10.5. The van der Waals surface area contributed by atoms with Crippen LogP contribution in [-0.4, -0.2) is 10.9 Å². The van der Waals surface area contributed by atoms with Crippen LogP contribution in [0.25, 0.3) is 0 Å². The summed E-state index contributed by atoms with van der Waals surface area (Å²) in [5.41, 5.74) is 13.0. The lowest BCUT2D eigenvalue weighted by atomic mass is 10.1. The van der Waals surface area contributed by atoms with Crippen LogP contribution in [-0.2, 0) is 19.4 Å². The third kappa shape index (κ3) is 3.27. The van der Waals surface area contributed by atoms with Gasteiger partial charge in [0.05, 0.1) is 12.2 Å². The highest BCUT2D eigenvalue weighted by atomic mass is 15.1. The average Bonchev–Trinajstić information content (AvgIpc) is 2.96. The Labute approximate surface area is 131 Å². The van der Waals surface area contributed by atoms with Crippen molar-refractivity contribution >= 4 is 11.6 Å². The Morgan fingerprint density at radius 1 is 1.18 bits per heavy atom. The summed E-state index contributed by atoms with van der Waals surface area (Å²) in [7, 11) is 0. The second kappa shape index (κ2) is 6.18. The molecule has 2 aromatic rings. The summed E-state index contributed by atoms with van der Waals surface area (Å²) in [6.07, 6.45) is 3.60. The van der Waals surface area contributed by atoms with Gasteiger partial charge in [0.1, 0.15) is 0 Å². The highest BCUT2D eigenvalue weighted by molar-refractivity contribution is 5.92. The molecular weight excluding hydrogens is 272 g/mol. The van der Waals surface area contributed by atoms with Gasteiger partial charge in [-0.2, -0.15) is 0 Å². The Balaban J connectivity index is 1.66. The lowest BCUT2D eigenvalue weighted by Crippen LogP contribution is -2.22. The summed E-state index contributed by atoms with van der Waals surface area (Å²) < 4.78 is 0. The molecule has 22 heavy (non-hydrogen) atoms. The minimum absolute atomic E-state index is 0.429. The van der Waals surface area contributed by atoms with Gasteiger partial charge in [-0.05, 0) is 68.0 Å². The molecule has 0 bridgehead atoms. The number of anilines is 1. The Kier molecular flexibility index (Phi) is 4.09. The normalized spacial score (nSPS) is 14.0. The quantitative estimate of drug-likeness (QED) is 0.675. The first-order valence-corrected chi connectivity index (χ1v) is 7.74. The van der Waals surface area contributed by atoms with E-state index >= 15 is 0 Å². The molecule has 1 heterocycles. The number of pyridine rings is 1. The molecule has 0 amide bonds. The Morgan fingerprint density at radius 2 is 2.00 bits per heavy atom. The summed E-state index contributed by atoms with van der Waals surface area (Å²) in [4.78, 5) is 8.88. The number of aromatic nitrogens is 1. The molecule has 0 aliphatic heterocycles. The van der Waals surface area contributed by atoms with Gasteiger partial charge in [0.15, 0.2) is 5.96 Å². The zero-order valence-corrected chi connectivity index (χ0v) is 13.2. The topological polar surface area (TPSA) is 63.3 Å². The van der Waals surface area contributed by atoms with E-state index in [9.17, 15) is 0 Å². The number of nitrogens with two attached hydrogens (primary N) is 1. The molecule has 1 aromatic heterocycles. The number of nitrogens with one attached hydrogen (secondary N) is 1. The number of aryl methyl sites for hydroxylation is 4. The first kappa shape index (κ1) is 14.6. The molecule has 3 rings (SSSR count). The fourth-order valence-electron chi connectivity index (χ4n) is 2.77. The van der Waals surface area contributed by atoms with Crippen LogP contribution in [0.2, 0.25) is 0 Å². The second-order valence-corrected chi connectivity index (χ2v) is 5.87. The van der Waals surface area contributed by atoms with Crippen LogP contribution < -0.4 is 11.1 Å². The lowest BCUT2D eigenvalue weighted by Gasteiger charge is -2.08. The van der Waals surface area contributed by atoms with Crippen LogP contribution in [0.5, 0.6) is 0 Å². The number of fused-ring (bicyclic) bond motifs is 1. The number of aliphatic imine (C=N–C) groups is 1. The summed E-state index contributed by atoms with van der Waals surface area (Å²) in [5, 5.41) is 3.17. The molecule has 4 heteroatoms. The van der Waals surface area contributed by atoms with Crippen molar-refractivity contribution in [3.8, 4) is 0 Å². The molecule has 0 saturated carbocycles. The van der Waals surface area contributed by atoms with Crippen molar-refractivity contribution in [1.82, 2.24) is 4.98 Å². The average molecular weight is 294 g/mol. The van der Waals surface area contributed by atoms with E-state index in [4.69, 9.17) is 5.73 Å². The number of hydrogen-bond donors (Lipinski definition) is 2. The number of hydrogen-bond acceptors (Lipinski definition) is 2. The van der Waals surface area contributed by atoms with Crippen LogP contribution in [0.1, 0.15) is 34.5 Å². The van der Waals surface area contributed by atoms with Gasteiger partial charge in [-0.25, -0.2) is 4.99 Å². The van der Waals surface area contributed by atoms with Crippen LogP contribution in [0.3, 0.4) is 0 Å². The zero-order chi connectivity index (χ0) is 15.5. The molecule has 1 aliphatic rings. The first-order valence-electron chi connectivity index (χ1n) is 7.74. The van der Waals surface area contributed by atoms with Crippen molar-refractivity contribution in [2.45, 2.75) is 39.7 Å². The largest absolute Gasteiger partial charge is 0.370 e. The minimum Gasteiger partial charge on any atom is -0.370 e. The third-order valence-electron chi connectivity index (χ3n) is 4.19. The predicted molar refractivity (Wildman–Crippen MR) is 91.1 cm³/mol. The summed E-state index contributed by atoms with van der Waals surface area (Å²) in [5.74, 6) is 0.429. The number of guanidine groups is 1. The van der Waals surface area contributed by atoms with Crippen molar-refractivity contribution in [3.05, 3.63) is 58.4 Å². The molecule has 0 spiro atoms. The highest BCUT2D eigenvalue weighted by Gasteiger charge is 2.10. The maximum absolute atomic E-state index is 5.98. The monoisotopic (exact) mass is 294 g/mol. The zero-order valence-electron chi connectivity index (χ0n) is 13.2. The SMILES string of the molecule is Cc1ccc(CN=C(N)Nc2ccc3c(c2)CCC3)nc1C. The van der Waals surface area contributed by atoms with Crippen LogP contribution >= 0.6 is 0 Å². The van der Waals surface area contributed by atoms with E-state index in [1.54, 1.807) is 0 Å². The number of benzene rings is 1. The van der Waals surface area contributed by atoms with E-state index in [-0.39, 0.29) is 0 Å². The third-order valence-corrected chi connectivity index (χ3v) is 4.19. The van der Waals surface area contributed by atoms with E-state index in [1.165, 1.54) is 29.5 Å². The van der Waals surface area contributed by atoms with E-state index in [2.05, 4.69) is 46.5 Å². The van der Waals surface area contributed by atoms with Gasteiger partial charge in [-0.3, -0.25) is 4.98 Å². The van der Waals surface area contributed by atoms with Gasteiger partial charge in [-0.15, -0.1) is 0 Å². The fraction of sp³-hybridized carbons (Fsp3) is 0.333. The van der Waals surface area contributed by atoms with Gasteiger partial charge >= 0.3 is 0 Å². The smallest absolute Gasteiger partial charge is 0.193 e. The maximum Gasteiger partial charge on any atom is 0.193 e. The van der Waals surface area contributed by atoms with Crippen molar-refractivity contribution in [1.29, 1.82) is 0 Å². The van der Waals surface area contributed by atoms with Gasteiger partial charge in [0, 0.05) is 11.4 Å². The van der Waals surface area contributed by atoms with E-state index in [0.717, 1.165) is 23.5 Å². The molecular formula is C18H22N4. The molecule has 0 fully saturated rings. The molecule has 0 atom stereocenters. The van der Waals surface area contributed by atoms with E-state index in [0.29, 0.717) is 12.5 Å². The lowest BCUT2D eigenvalue weighted by molar-refractivity contribution is 0.912. The molecule has 3 N–H and O–H groups in total. The summed E-state index contributed by atoms with van der Waals surface area (Å²) >= 11 is 0.